The standard InChI is InChI=1S/C21H19F3N2O4/c22-21(23,24)15-3-1-2-14(10-15)20(28)26-8-6-13(7-9-26)19(27)25-16-4-5-17-18(11-16)30-12-29-17/h1-5,10-11,13H,6-9,12H2,(H,25,27). The topological polar surface area (TPSA) is 67.9 Å². The third-order valence-electron chi connectivity index (χ3n) is 5.23. The Labute approximate surface area is 170 Å². The van der Waals surface area contributed by atoms with Gasteiger partial charge in [-0.2, -0.15) is 13.2 Å². The maximum absolute atomic E-state index is 12.9. The first-order valence-corrected chi connectivity index (χ1v) is 9.48. The lowest BCUT2D eigenvalue weighted by Gasteiger charge is -2.31. The molecule has 2 aromatic carbocycles. The van der Waals surface area contributed by atoms with Gasteiger partial charge >= 0.3 is 6.18 Å². The number of carbonyl (C=O) groups excluding carboxylic acids is 2. The third-order valence-corrected chi connectivity index (χ3v) is 5.23. The zero-order valence-corrected chi connectivity index (χ0v) is 15.9. The van der Waals surface area contributed by atoms with Gasteiger partial charge in [-0.1, -0.05) is 6.07 Å². The average Bonchev–Trinajstić information content (AvgIpc) is 3.21. The van der Waals surface area contributed by atoms with Gasteiger partial charge < -0.3 is 19.7 Å². The van der Waals surface area contributed by atoms with Crippen LogP contribution in [0.2, 0.25) is 0 Å². The van der Waals surface area contributed by atoms with Gasteiger partial charge in [0, 0.05) is 36.3 Å². The molecular formula is C21H19F3N2O4. The van der Waals surface area contributed by atoms with Crippen LogP contribution in [0.15, 0.2) is 42.5 Å². The Bertz CT molecular complexity index is 969. The maximum atomic E-state index is 12.9. The molecule has 158 valence electrons. The number of hydrogen-bond donors (Lipinski definition) is 1. The molecule has 1 saturated heterocycles. The predicted molar refractivity (Wildman–Crippen MR) is 101 cm³/mol. The van der Waals surface area contributed by atoms with E-state index in [9.17, 15) is 22.8 Å². The number of nitrogens with zero attached hydrogens (tertiary/aromatic N) is 1. The summed E-state index contributed by atoms with van der Waals surface area (Å²) in [7, 11) is 0. The molecule has 30 heavy (non-hydrogen) atoms. The number of alkyl halides is 3. The van der Waals surface area contributed by atoms with Gasteiger partial charge in [0.15, 0.2) is 11.5 Å². The van der Waals surface area contributed by atoms with E-state index in [1.165, 1.54) is 17.0 Å². The van der Waals surface area contributed by atoms with Gasteiger partial charge in [-0.25, -0.2) is 0 Å². The van der Waals surface area contributed by atoms with E-state index in [0.717, 1.165) is 12.1 Å². The Morgan fingerprint density at radius 2 is 1.73 bits per heavy atom. The fourth-order valence-electron chi connectivity index (χ4n) is 3.57. The molecule has 0 radical (unpaired) electrons. The van der Waals surface area contributed by atoms with Crippen molar-refractivity contribution in [2.75, 3.05) is 25.2 Å². The Kier molecular flexibility index (Phi) is 5.27. The Balaban J connectivity index is 1.34. The molecular weight excluding hydrogens is 401 g/mol. The summed E-state index contributed by atoms with van der Waals surface area (Å²) in [6, 6.07) is 9.51. The zero-order chi connectivity index (χ0) is 21.3. The number of ether oxygens (including phenoxy) is 2. The molecule has 2 aliphatic rings. The summed E-state index contributed by atoms with van der Waals surface area (Å²) in [6.07, 6.45) is -3.64. The first kappa shape index (κ1) is 20.1. The number of anilines is 1. The molecule has 0 aliphatic carbocycles. The van der Waals surface area contributed by atoms with Crippen molar-refractivity contribution in [3.8, 4) is 11.5 Å². The summed E-state index contributed by atoms with van der Waals surface area (Å²) in [5.74, 6) is 0.264. The van der Waals surface area contributed by atoms with Gasteiger partial charge in [0.1, 0.15) is 0 Å². The normalized spacial score (nSPS) is 16.4. The second kappa shape index (κ2) is 7.89. The fraction of sp³-hybridized carbons (Fsp3) is 0.333. The summed E-state index contributed by atoms with van der Waals surface area (Å²) in [4.78, 5) is 26.6. The lowest BCUT2D eigenvalue weighted by atomic mass is 9.95. The molecule has 9 heteroatoms. The van der Waals surface area contributed by atoms with E-state index >= 15 is 0 Å². The van der Waals surface area contributed by atoms with Gasteiger partial charge in [0.25, 0.3) is 5.91 Å². The van der Waals surface area contributed by atoms with Gasteiger partial charge in [0.2, 0.25) is 12.7 Å². The van der Waals surface area contributed by atoms with Crippen molar-refractivity contribution in [3.05, 3.63) is 53.6 Å². The number of fused-ring (bicyclic) bond motifs is 1. The molecule has 1 fully saturated rings. The number of benzene rings is 2. The summed E-state index contributed by atoms with van der Waals surface area (Å²) in [5, 5.41) is 2.84. The van der Waals surface area contributed by atoms with E-state index in [1.807, 2.05) is 0 Å². The van der Waals surface area contributed by atoms with Crippen molar-refractivity contribution in [3.63, 3.8) is 0 Å². The van der Waals surface area contributed by atoms with Crippen LogP contribution in [-0.2, 0) is 11.0 Å². The van der Waals surface area contributed by atoms with Crippen molar-refractivity contribution in [2.24, 2.45) is 5.92 Å². The molecule has 0 spiro atoms. The highest BCUT2D eigenvalue weighted by Crippen LogP contribution is 2.34. The predicted octanol–water partition coefficient (Wildman–Crippen LogP) is 3.93. The van der Waals surface area contributed by atoms with Crippen molar-refractivity contribution in [1.29, 1.82) is 0 Å². The van der Waals surface area contributed by atoms with Gasteiger partial charge in [-0.15, -0.1) is 0 Å². The minimum Gasteiger partial charge on any atom is -0.454 e. The van der Waals surface area contributed by atoms with Crippen LogP contribution < -0.4 is 14.8 Å². The number of amides is 2. The first-order valence-electron chi connectivity index (χ1n) is 9.48. The molecule has 2 aliphatic heterocycles. The number of carbonyl (C=O) groups is 2. The van der Waals surface area contributed by atoms with Crippen molar-refractivity contribution in [2.45, 2.75) is 19.0 Å². The first-order chi connectivity index (χ1) is 14.3. The van der Waals surface area contributed by atoms with Crippen LogP contribution in [0.5, 0.6) is 11.5 Å². The quantitative estimate of drug-likeness (QED) is 0.817. The molecule has 2 amide bonds. The number of hydrogen-bond acceptors (Lipinski definition) is 4. The monoisotopic (exact) mass is 420 g/mol. The molecule has 2 aromatic rings. The molecule has 4 rings (SSSR count). The molecule has 0 unspecified atom stereocenters. The fourth-order valence-corrected chi connectivity index (χ4v) is 3.57. The van der Waals surface area contributed by atoms with E-state index in [-0.39, 0.29) is 24.2 Å². The maximum Gasteiger partial charge on any atom is 0.416 e. The number of halogens is 3. The highest BCUT2D eigenvalue weighted by atomic mass is 19.4. The lowest BCUT2D eigenvalue weighted by molar-refractivity contribution is -0.137. The number of piperidine rings is 1. The van der Waals surface area contributed by atoms with Crippen LogP contribution in [-0.4, -0.2) is 36.6 Å². The molecule has 0 atom stereocenters. The summed E-state index contributed by atoms with van der Waals surface area (Å²) < 4.78 is 49.2. The largest absolute Gasteiger partial charge is 0.454 e. The molecule has 2 heterocycles. The number of rotatable bonds is 3. The van der Waals surface area contributed by atoms with E-state index < -0.39 is 17.6 Å². The molecule has 0 saturated carbocycles. The molecule has 0 bridgehead atoms. The van der Waals surface area contributed by atoms with E-state index in [0.29, 0.717) is 43.1 Å². The summed E-state index contributed by atoms with van der Waals surface area (Å²) in [5.41, 5.74) is -0.272. The highest BCUT2D eigenvalue weighted by molar-refractivity contribution is 5.95. The van der Waals surface area contributed by atoms with Crippen LogP contribution in [0.1, 0.15) is 28.8 Å². The van der Waals surface area contributed by atoms with Crippen molar-refractivity contribution in [1.82, 2.24) is 4.90 Å². The van der Waals surface area contributed by atoms with Crippen LogP contribution >= 0.6 is 0 Å². The second-order valence-corrected chi connectivity index (χ2v) is 7.20. The smallest absolute Gasteiger partial charge is 0.416 e. The zero-order valence-electron chi connectivity index (χ0n) is 15.9. The van der Waals surface area contributed by atoms with E-state index in [1.54, 1.807) is 18.2 Å². The van der Waals surface area contributed by atoms with Crippen LogP contribution in [0.4, 0.5) is 18.9 Å². The van der Waals surface area contributed by atoms with Crippen molar-refractivity contribution >= 4 is 17.5 Å². The third kappa shape index (κ3) is 4.19. The van der Waals surface area contributed by atoms with Gasteiger partial charge in [-0.05, 0) is 43.2 Å². The van der Waals surface area contributed by atoms with E-state index in [4.69, 9.17) is 9.47 Å². The van der Waals surface area contributed by atoms with Crippen molar-refractivity contribution < 1.29 is 32.2 Å². The Hall–Kier alpha value is -3.23. The Morgan fingerprint density at radius 3 is 2.47 bits per heavy atom. The minimum atomic E-state index is -4.50. The Morgan fingerprint density at radius 1 is 1.00 bits per heavy atom. The minimum absolute atomic E-state index is 0.00640. The second-order valence-electron chi connectivity index (χ2n) is 7.20. The lowest BCUT2D eigenvalue weighted by Crippen LogP contribution is -2.41. The van der Waals surface area contributed by atoms with Crippen LogP contribution in [0.3, 0.4) is 0 Å². The van der Waals surface area contributed by atoms with Gasteiger partial charge in [0.05, 0.1) is 5.56 Å². The van der Waals surface area contributed by atoms with Crippen LogP contribution in [0.25, 0.3) is 0 Å². The molecule has 6 nitrogen and oxygen atoms in total. The molecule has 1 N–H and O–H groups in total. The van der Waals surface area contributed by atoms with Gasteiger partial charge in [-0.3, -0.25) is 9.59 Å². The van der Waals surface area contributed by atoms with E-state index in [2.05, 4.69) is 5.32 Å². The number of nitrogens with one attached hydrogen (secondary N) is 1. The average molecular weight is 420 g/mol. The number of likely N-dealkylation sites (tertiary alicyclic amines) is 1. The highest BCUT2D eigenvalue weighted by Gasteiger charge is 2.32. The summed E-state index contributed by atoms with van der Waals surface area (Å²) >= 11 is 0. The van der Waals surface area contributed by atoms with Crippen LogP contribution in [0, 0.1) is 5.92 Å². The molecule has 0 aromatic heterocycles. The summed E-state index contributed by atoms with van der Waals surface area (Å²) in [6.45, 7) is 0.744. The SMILES string of the molecule is O=C(Nc1ccc2c(c1)OCO2)C1CCN(C(=O)c2cccc(C(F)(F)F)c2)CC1.